The van der Waals surface area contributed by atoms with Crippen molar-refractivity contribution in [1.82, 2.24) is 9.80 Å². The molecule has 0 spiro atoms. The maximum Gasteiger partial charge on any atom is 0.328 e. The van der Waals surface area contributed by atoms with Crippen LogP contribution in [0.4, 0.5) is 0 Å². The van der Waals surface area contributed by atoms with Crippen LogP contribution in [-0.2, 0) is 4.79 Å². The summed E-state index contributed by atoms with van der Waals surface area (Å²) in [6.45, 7) is 10.1. The molecule has 1 aliphatic rings. The normalized spacial score (nSPS) is 23.1. The van der Waals surface area contributed by atoms with Gasteiger partial charge in [-0.1, -0.05) is 13.8 Å². The maximum atomic E-state index is 11.6. The minimum absolute atomic E-state index is 0.202. The molecule has 2 unspecified atom stereocenters. The fraction of sp³-hybridized carbons (Fsp3) is 0.667. The van der Waals surface area contributed by atoms with Gasteiger partial charge in [-0.15, -0.1) is 0 Å². The van der Waals surface area contributed by atoms with Gasteiger partial charge in [0.15, 0.2) is 6.04 Å². The molecule has 2 atom stereocenters. The standard InChI is InChI=1S/C15H24N2O3/c1-11(2)9-16-6-7-17(12(3)10-16)14(15(18)19)13-5-4-8-20-13/h4-5,8,11-12,14H,6-7,9-10H2,1-3H3,(H,18,19). The lowest BCUT2D eigenvalue weighted by Crippen LogP contribution is -2.54. The van der Waals surface area contributed by atoms with E-state index in [0.29, 0.717) is 11.7 Å². The Morgan fingerprint density at radius 2 is 2.25 bits per heavy atom. The predicted octanol–water partition coefficient (Wildman–Crippen LogP) is 2.07. The van der Waals surface area contributed by atoms with Crippen LogP contribution in [-0.4, -0.2) is 53.1 Å². The summed E-state index contributed by atoms with van der Waals surface area (Å²) in [5, 5.41) is 9.51. The van der Waals surface area contributed by atoms with Crippen molar-refractivity contribution in [2.24, 2.45) is 5.92 Å². The second-order valence-corrected chi connectivity index (χ2v) is 6.00. The molecule has 5 nitrogen and oxygen atoms in total. The molecule has 5 heteroatoms. The molecule has 1 aromatic rings. The maximum absolute atomic E-state index is 11.6. The van der Waals surface area contributed by atoms with Gasteiger partial charge in [-0.2, -0.15) is 0 Å². The molecule has 2 rings (SSSR count). The number of nitrogens with zero attached hydrogens (tertiary/aromatic N) is 2. The Balaban J connectivity index is 2.07. The molecule has 1 aromatic heterocycles. The number of carboxylic acid groups (broad SMARTS) is 1. The number of carbonyl (C=O) groups is 1. The number of hydrogen-bond donors (Lipinski definition) is 1. The molecule has 0 radical (unpaired) electrons. The van der Waals surface area contributed by atoms with Gasteiger partial charge in [0.1, 0.15) is 5.76 Å². The molecule has 0 amide bonds. The van der Waals surface area contributed by atoms with E-state index in [2.05, 4.69) is 25.7 Å². The third-order valence-electron chi connectivity index (χ3n) is 3.76. The Morgan fingerprint density at radius 1 is 1.50 bits per heavy atom. The number of furan rings is 1. The number of carboxylic acids is 1. The Kier molecular flexibility index (Phi) is 4.83. The van der Waals surface area contributed by atoms with Crippen LogP contribution in [0.1, 0.15) is 32.6 Å². The second kappa shape index (κ2) is 6.41. The van der Waals surface area contributed by atoms with Crippen LogP contribution in [0, 0.1) is 5.92 Å². The van der Waals surface area contributed by atoms with Crippen LogP contribution in [0.5, 0.6) is 0 Å². The van der Waals surface area contributed by atoms with Gasteiger partial charge in [0.05, 0.1) is 6.26 Å². The first-order valence-electron chi connectivity index (χ1n) is 7.23. The van der Waals surface area contributed by atoms with Gasteiger partial charge in [-0.25, -0.2) is 0 Å². The number of hydrogen-bond acceptors (Lipinski definition) is 4. The van der Waals surface area contributed by atoms with E-state index in [1.165, 1.54) is 6.26 Å². The smallest absolute Gasteiger partial charge is 0.328 e. The molecule has 0 aromatic carbocycles. The number of rotatable bonds is 5. The van der Waals surface area contributed by atoms with Crippen LogP contribution in [0.15, 0.2) is 22.8 Å². The molecule has 1 aliphatic heterocycles. The predicted molar refractivity (Wildman–Crippen MR) is 76.5 cm³/mol. The summed E-state index contributed by atoms with van der Waals surface area (Å²) in [7, 11) is 0. The average Bonchev–Trinajstić information content (AvgIpc) is 2.84. The zero-order valence-electron chi connectivity index (χ0n) is 12.5. The summed E-state index contributed by atoms with van der Waals surface area (Å²) in [6, 6.07) is 3.01. The van der Waals surface area contributed by atoms with E-state index in [1.807, 2.05) is 4.90 Å². The van der Waals surface area contributed by atoms with Gasteiger partial charge in [0, 0.05) is 32.2 Å². The summed E-state index contributed by atoms with van der Waals surface area (Å²) in [6.07, 6.45) is 1.53. The zero-order valence-corrected chi connectivity index (χ0v) is 12.5. The lowest BCUT2D eigenvalue weighted by atomic mass is 10.1. The number of piperazine rings is 1. The molecule has 1 saturated heterocycles. The minimum Gasteiger partial charge on any atom is -0.480 e. The highest BCUT2D eigenvalue weighted by molar-refractivity contribution is 5.74. The van der Waals surface area contributed by atoms with Gasteiger partial charge in [-0.3, -0.25) is 9.69 Å². The van der Waals surface area contributed by atoms with Crippen LogP contribution in [0.3, 0.4) is 0 Å². The average molecular weight is 280 g/mol. The minimum atomic E-state index is -0.843. The highest BCUT2D eigenvalue weighted by Crippen LogP contribution is 2.26. The first-order chi connectivity index (χ1) is 9.49. The fourth-order valence-electron chi connectivity index (χ4n) is 2.99. The third-order valence-corrected chi connectivity index (χ3v) is 3.76. The van der Waals surface area contributed by atoms with Crippen molar-refractivity contribution in [1.29, 1.82) is 0 Å². The summed E-state index contributed by atoms with van der Waals surface area (Å²) < 4.78 is 5.31. The summed E-state index contributed by atoms with van der Waals surface area (Å²) >= 11 is 0. The van der Waals surface area contributed by atoms with Gasteiger partial charge in [-0.05, 0) is 25.0 Å². The van der Waals surface area contributed by atoms with Crippen molar-refractivity contribution in [2.45, 2.75) is 32.9 Å². The first-order valence-corrected chi connectivity index (χ1v) is 7.23. The van der Waals surface area contributed by atoms with E-state index in [4.69, 9.17) is 4.42 Å². The van der Waals surface area contributed by atoms with Gasteiger partial charge in [0.2, 0.25) is 0 Å². The Bertz CT molecular complexity index is 430. The molecule has 0 bridgehead atoms. The van der Waals surface area contributed by atoms with Crippen molar-refractivity contribution in [3.8, 4) is 0 Å². The molecule has 0 aliphatic carbocycles. The largest absolute Gasteiger partial charge is 0.480 e. The van der Waals surface area contributed by atoms with Crippen LogP contribution < -0.4 is 0 Å². The SMILES string of the molecule is CC(C)CN1CCN(C(C(=O)O)c2ccco2)C(C)C1. The zero-order chi connectivity index (χ0) is 14.7. The Morgan fingerprint density at radius 3 is 2.75 bits per heavy atom. The van der Waals surface area contributed by atoms with Gasteiger partial charge < -0.3 is 14.4 Å². The van der Waals surface area contributed by atoms with Crippen molar-refractivity contribution in [3.05, 3.63) is 24.2 Å². The van der Waals surface area contributed by atoms with Crippen molar-refractivity contribution < 1.29 is 14.3 Å². The van der Waals surface area contributed by atoms with Gasteiger partial charge in [0.25, 0.3) is 0 Å². The molecule has 2 heterocycles. The van der Waals surface area contributed by atoms with E-state index in [9.17, 15) is 9.90 Å². The highest BCUT2D eigenvalue weighted by atomic mass is 16.4. The topological polar surface area (TPSA) is 56.9 Å². The molecule has 20 heavy (non-hydrogen) atoms. The summed E-state index contributed by atoms with van der Waals surface area (Å²) in [4.78, 5) is 16.0. The Labute approximate surface area is 120 Å². The molecular formula is C15H24N2O3. The first kappa shape index (κ1) is 15.1. The van der Waals surface area contributed by atoms with E-state index in [1.54, 1.807) is 12.1 Å². The molecule has 112 valence electrons. The van der Waals surface area contributed by atoms with Crippen LogP contribution in [0.25, 0.3) is 0 Å². The lowest BCUT2D eigenvalue weighted by Gasteiger charge is -2.42. The van der Waals surface area contributed by atoms with Crippen LogP contribution in [0.2, 0.25) is 0 Å². The quantitative estimate of drug-likeness (QED) is 0.894. The summed E-state index contributed by atoms with van der Waals surface area (Å²) in [5.74, 6) is 0.305. The molecule has 1 fully saturated rings. The number of aliphatic carboxylic acids is 1. The third kappa shape index (κ3) is 3.41. The fourth-order valence-corrected chi connectivity index (χ4v) is 2.99. The van der Waals surface area contributed by atoms with E-state index in [-0.39, 0.29) is 6.04 Å². The van der Waals surface area contributed by atoms with Crippen LogP contribution >= 0.6 is 0 Å². The lowest BCUT2D eigenvalue weighted by molar-refractivity contribution is -0.146. The molecule has 1 N–H and O–H groups in total. The molecule has 0 saturated carbocycles. The Hall–Kier alpha value is -1.33. The van der Waals surface area contributed by atoms with Gasteiger partial charge >= 0.3 is 5.97 Å². The van der Waals surface area contributed by atoms with E-state index >= 15 is 0 Å². The highest BCUT2D eigenvalue weighted by Gasteiger charge is 2.36. The summed E-state index contributed by atoms with van der Waals surface area (Å²) in [5.41, 5.74) is 0. The monoisotopic (exact) mass is 280 g/mol. The van der Waals surface area contributed by atoms with Crippen molar-refractivity contribution in [3.63, 3.8) is 0 Å². The second-order valence-electron chi connectivity index (χ2n) is 6.00. The van der Waals surface area contributed by atoms with Crippen molar-refractivity contribution >= 4 is 5.97 Å². The van der Waals surface area contributed by atoms with E-state index < -0.39 is 12.0 Å². The van der Waals surface area contributed by atoms with Crippen molar-refractivity contribution in [2.75, 3.05) is 26.2 Å². The van der Waals surface area contributed by atoms with E-state index in [0.717, 1.165) is 26.2 Å². The molecular weight excluding hydrogens is 256 g/mol.